The zero-order valence-electron chi connectivity index (χ0n) is 22.3. The predicted molar refractivity (Wildman–Crippen MR) is 149 cm³/mol. The number of nitrogens with two attached hydrogens (primary N) is 2. The molecule has 3 aliphatic rings. The first-order valence-corrected chi connectivity index (χ1v) is 17.0. The van der Waals surface area contributed by atoms with Crippen LogP contribution in [-0.2, 0) is 37.6 Å². The quantitative estimate of drug-likeness (QED) is 0.128. The van der Waals surface area contributed by atoms with Crippen molar-refractivity contribution in [2.75, 3.05) is 24.6 Å². The van der Waals surface area contributed by atoms with Crippen molar-refractivity contribution in [3.05, 3.63) is 29.3 Å². The van der Waals surface area contributed by atoms with Gasteiger partial charge in [-0.05, 0) is 0 Å². The molecular formula is C20H22F2N11O9PS2. The summed E-state index contributed by atoms with van der Waals surface area (Å²) in [7, 11) is -4.84. The topological polar surface area (TPSA) is 269 Å². The number of imidazole rings is 2. The number of rotatable bonds is 2. The maximum absolute atomic E-state index is 15.9. The fraction of sp³-hybridized carbons (Fsp3) is 0.500. The minimum absolute atomic E-state index is 0.0141. The van der Waals surface area contributed by atoms with Crippen molar-refractivity contribution in [3.63, 3.8) is 0 Å². The van der Waals surface area contributed by atoms with Gasteiger partial charge in [0.2, 0.25) is 5.95 Å². The van der Waals surface area contributed by atoms with Gasteiger partial charge >= 0.3 is 17.1 Å². The van der Waals surface area contributed by atoms with Gasteiger partial charge in [0.05, 0.1) is 19.3 Å². The highest BCUT2D eigenvalue weighted by atomic mass is 32.7. The molecule has 2 bridgehead atoms. The molecule has 242 valence electrons. The van der Waals surface area contributed by atoms with E-state index in [1.54, 1.807) is 0 Å². The van der Waals surface area contributed by atoms with Gasteiger partial charge in [-0.1, -0.05) is 12.2 Å². The number of H-pyrrole nitrogens is 1. The number of alkyl halides is 2. The number of thiol groups is 1. The average molecular weight is 694 g/mol. The van der Waals surface area contributed by atoms with E-state index in [9.17, 15) is 17.8 Å². The highest BCUT2D eigenvalue weighted by Gasteiger charge is 2.53. The molecule has 25 heteroatoms. The van der Waals surface area contributed by atoms with Crippen LogP contribution in [0.5, 0.6) is 0 Å². The number of nitrogens with zero attached hydrogens (tertiary/aromatic N) is 7. The van der Waals surface area contributed by atoms with E-state index in [1.165, 1.54) is 10.9 Å². The molecule has 7 rings (SSSR count). The Kier molecular flexibility index (Phi) is 7.33. The highest BCUT2D eigenvalue weighted by molar-refractivity contribution is 8.44. The number of hydrogen-bond donors (Lipinski definition) is 5. The Morgan fingerprint density at radius 1 is 0.978 bits per heavy atom. The first-order valence-electron chi connectivity index (χ1n) is 12.9. The largest absolute Gasteiger partial charge is 0.386 e. The summed E-state index contributed by atoms with van der Waals surface area (Å²) in [6.07, 6.45) is -10.8. The molecule has 3 fully saturated rings. The molecule has 0 spiro atoms. The normalized spacial score (nSPS) is 35.5. The number of anilines is 2. The summed E-state index contributed by atoms with van der Waals surface area (Å²) in [6.45, 7) is -6.01. The molecule has 4 aromatic heterocycles. The molecule has 4 aromatic rings. The number of fused-ring (bicyclic) bond motifs is 5. The van der Waals surface area contributed by atoms with Crippen LogP contribution >= 0.6 is 19.0 Å². The molecule has 9 atom stereocenters. The second kappa shape index (κ2) is 10.9. The maximum Gasteiger partial charge on any atom is 0.386 e. The lowest BCUT2D eigenvalue weighted by Crippen LogP contribution is -2.43. The summed E-state index contributed by atoms with van der Waals surface area (Å²) in [4.78, 5) is 34.4. The smallest absolute Gasteiger partial charge is 0.382 e. The Bertz CT molecular complexity index is 2010. The van der Waals surface area contributed by atoms with Crippen LogP contribution in [0, 0.1) is 0 Å². The third kappa shape index (κ3) is 5.34. The van der Waals surface area contributed by atoms with Crippen LogP contribution in [-0.4, -0.2) is 97.4 Å². The summed E-state index contributed by atoms with van der Waals surface area (Å²) >= 11 is 3.92. The lowest BCUT2D eigenvalue weighted by molar-refractivity contribution is -0.0456. The van der Waals surface area contributed by atoms with E-state index in [1.807, 2.05) is 0 Å². The van der Waals surface area contributed by atoms with Gasteiger partial charge < -0.3 is 20.9 Å². The first-order chi connectivity index (χ1) is 21.3. The number of ether oxygens (including phenoxy) is 2. The molecule has 7 heterocycles. The van der Waals surface area contributed by atoms with Gasteiger partial charge in [0, 0.05) is 6.54 Å². The Labute approximate surface area is 254 Å². The maximum atomic E-state index is 15.9. The lowest BCUT2D eigenvalue weighted by atomic mass is 10.1. The van der Waals surface area contributed by atoms with Gasteiger partial charge in [-0.3, -0.25) is 28.0 Å². The van der Waals surface area contributed by atoms with Gasteiger partial charge in [-0.25, -0.2) is 37.5 Å². The fourth-order valence-corrected chi connectivity index (χ4v) is 7.68. The van der Waals surface area contributed by atoms with E-state index >= 15 is 8.78 Å². The molecule has 0 saturated carbocycles. The van der Waals surface area contributed by atoms with Crippen LogP contribution in [0.15, 0.2) is 23.8 Å². The monoisotopic (exact) mass is 693 g/mol. The minimum Gasteiger partial charge on any atom is -0.382 e. The Balaban J connectivity index is 1.21. The van der Waals surface area contributed by atoms with Crippen LogP contribution in [0.3, 0.4) is 0 Å². The molecule has 0 radical (unpaired) electrons. The van der Waals surface area contributed by atoms with Gasteiger partial charge in [0.25, 0.3) is 5.56 Å². The summed E-state index contributed by atoms with van der Waals surface area (Å²) < 4.78 is 103. The number of aromatic amines is 1. The highest BCUT2D eigenvalue weighted by Crippen LogP contribution is 2.57. The number of aromatic nitrogens is 8. The molecule has 3 aliphatic heterocycles. The van der Waals surface area contributed by atoms with Gasteiger partial charge in [-0.15, -0.1) is 0 Å². The van der Waals surface area contributed by atoms with Crippen LogP contribution < -0.4 is 21.7 Å². The van der Waals surface area contributed by atoms with Crippen molar-refractivity contribution in [1.82, 2.24) is 43.8 Å². The number of nitrogens with one attached hydrogen (secondary N) is 2. The second-order valence-corrected chi connectivity index (χ2v) is 14.3. The summed E-state index contributed by atoms with van der Waals surface area (Å²) in [5.74, 6) is -0.290. The molecule has 6 N–H and O–H groups in total. The van der Waals surface area contributed by atoms with Gasteiger partial charge in [-0.2, -0.15) is 18.1 Å². The summed E-state index contributed by atoms with van der Waals surface area (Å²) in [6, 6.07) is 0. The molecule has 0 aromatic carbocycles. The SMILES string of the molecule is Nc1nc2c(ncn2[C@@H]2O[C@@H]3CO[P@@](=O)(S)O[C@H]4[C@@H](F)[C@H](n5cnc6c(N)ncnc65)O[C@@H]4CNS(=O)(=O)O[C@@H]2[C@@H]3F)c(=O)[nH]1. The Hall–Kier alpha value is -3.35. The van der Waals surface area contributed by atoms with E-state index in [0.717, 1.165) is 17.2 Å². The number of nitrogen functional groups attached to an aromatic ring is 2. The van der Waals surface area contributed by atoms with Crippen molar-refractivity contribution in [2.24, 2.45) is 0 Å². The molecular weight excluding hydrogens is 671 g/mol. The zero-order valence-corrected chi connectivity index (χ0v) is 24.9. The standard InChI is InChI=1S/C20H22F2N11O9PS2/c21-8-7-2-38-43(35,44)41-12-6(39-18(9(12)22)32-4-27-10-14(23)25-3-26-15(10)32)1-29-45(36,37)42-13(8)19(40-7)33-5-28-11-16(33)30-20(24)31-17(11)34/h3-9,12-13,18-19,29H,1-2H2,(H,35,44)(H2,23,25,26)(H3,24,30,31,34)/t6-,7-,8-,9-,12-,13-,18-,19-,43-/m1/s1. The predicted octanol–water partition coefficient (Wildman–Crippen LogP) is -0.732. The van der Waals surface area contributed by atoms with Crippen molar-refractivity contribution < 1.29 is 44.5 Å². The van der Waals surface area contributed by atoms with Crippen molar-refractivity contribution in [1.29, 1.82) is 0 Å². The van der Waals surface area contributed by atoms with E-state index in [4.69, 9.17) is 34.2 Å². The zero-order chi connectivity index (χ0) is 31.8. The number of halogens is 2. The third-order valence-corrected chi connectivity index (χ3v) is 9.88. The van der Waals surface area contributed by atoms with Crippen LogP contribution in [0.1, 0.15) is 12.5 Å². The van der Waals surface area contributed by atoms with E-state index < -0.39 is 85.0 Å². The first kappa shape index (κ1) is 30.3. The van der Waals surface area contributed by atoms with Crippen molar-refractivity contribution in [2.45, 2.75) is 49.2 Å². The van der Waals surface area contributed by atoms with Gasteiger partial charge in [0.1, 0.15) is 30.2 Å². The van der Waals surface area contributed by atoms with Crippen LogP contribution in [0.2, 0.25) is 0 Å². The fourth-order valence-electron chi connectivity index (χ4n) is 5.27. The van der Waals surface area contributed by atoms with E-state index in [2.05, 4.69) is 46.9 Å². The number of hydrogen-bond acceptors (Lipinski definition) is 16. The van der Waals surface area contributed by atoms with Crippen molar-refractivity contribution >= 4 is 63.4 Å². The molecule has 45 heavy (non-hydrogen) atoms. The third-order valence-electron chi connectivity index (χ3n) is 7.27. The van der Waals surface area contributed by atoms with E-state index in [0.29, 0.717) is 0 Å². The lowest BCUT2D eigenvalue weighted by Gasteiger charge is -2.24. The molecule has 0 aliphatic carbocycles. The molecule has 20 nitrogen and oxygen atoms in total. The van der Waals surface area contributed by atoms with Crippen LogP contribution in [0.4, 0.5) is 20.5 Å². The second-order valence-electron chi connectivity index (χ2n) is 10.1. The van der Waals surface area contributed by atoms with Crippen molar-refractivity contribution in [3.8, 4) is 0 Å². The Morgan fingerprint density at radius 2 is 1.69 bits per heavy atom. The van der Waals surface area contributed by atoms with Crippen LogP contribution in [0.25, 0.3) is 22.3 Å². The molecule has 0 amide bonds. The Morgan fingerprint density at radius 3 is 2.47 bits per heavy atom. The minimum atomic E-state index is -4.84. The average Bonchev–Trinajstić information content (AvgIpc) is 3.72. The van der Waals surface area contributed by atoms with Gasteiger partial charge in [0.15, 0.2) is 53.5 Å². The van der Waals surface area contributed by atoms with E-state index in [-0.39, 0.29) is 34.1 Å². The summed E-state index contributed by atoms with van der Waals surface area (Å²) in [5, 5.41) is 0. The summed E-state index contributed by atoms with van der Waals surface area (Å²) in [5.41, 5.74) is 10.6. The molecule has 0 unspecified atom stereocenters. The molecule has 3 saturated heterocycles.